The van der Waals surface area contributed by atoms with Gasteiger partial charge in [0.15, 0.2) is 0 Å². The third kappa shape index (κ3) is 5.61. The van der Waals surface area contributed by atoms with Crippen molar-refractivity contribution in [2.45, 2.75) is 20.3 Å². The zero-order chi connectivity index (χ0) is 22.2. The molecule has 0 unspecified atom stereocenters. The molecule has 3 aromatic rings. The van der Waals surface area contributed by atoms with E-state index in [0.29, 0.717) is 10.6 Å². The first-order chi connectivity index (χ1) is 15.0. The Balaban J connectivity index is 1.83. The molecule has 3 rings (SSSR count). The molecule has 6 heteroatoms. The van der Waals surface area contributed by atoms with Gasteiger partial charge in [0, 0.05) is 17.0 Å². The smallest absolute Gasteiger partial charge is 0.341 e. The maximum atomic E-state index is 12.7. The third-order valence-corrected chi connectivity index (χ3v) is 5.62. The molecule has 5 nitrogen and oxygen atoms in total. The second-order valence-corrected chi connectivity index (χ2v) is 7.60. The van der Waals surface area contributed by atoms with Gasteiger partial charge in [-0.15, -0.1) is 11.3 Å². The van der Waals surface area contributed by atoms with Gasteiger partial charge >= 0.3 is 5.97 Å². The van der Waals surface area contributed by atoms with E-state index in [0.717, 1.165) is 28.9 Å². The highest BCUT2D eigenvalue weighted by atomic mass is 32.1. The van der Waals surface area contributed by atoms with Crippen LogP contribution in [0.3, 0.4) is 0 Å². The number of thiophene rings is 1. The van der Waals surface area contributed by atoms with E-state index in [1.165, 1.54) is 23.0 Å². The highest BCUT2D eigenvalue weighted by Crippen LogP contribution is 2.36. The second-order valence-electron chi connectivity index (χ2n) is 6.72. The van der Waals surface area contributed by atoms with E-state index in [1.807, 2.05) is 53.9 Å². The van der Waals surface area contributed by atoms with Crippen molar-refractivity contribution in [3.05, 3.63) is 76.7 Å². The van der Waals surface area contributed by atoms with E-state index in [-0.39, 0.29) is 12.5 Å². The van der Waals surface area contributed by atoms with Crippen LogP contribution >= 0.6 is 11.3 Å². The van der Waals surface area contributed by atoms with Crippen LogP contribution in [0.4, 0.5) is 5.00 Å². The number of aryl methyl sites for hydroxylation is 1. The summed E-state index contributed by atoms with van der Waals surface area (Å²) in [7, 11) is 1.60. The molecular formula is C25H25NO4S. The SMILES string of the molecule is CCOC(=O)c1c(-c2ccc(CC)cc2)csc1NC(=O)C=Cc1ccc(OC)cc1. The zero-order valence-electron chi connectivity index (χ0n) is 17.8. The summed E-state index contributed by atoms with van der Waals surface area (Å²) in [4.78, 5) is 25.2. The Morgan fingerprint density at radius 2 is 1.74 bits per heavy atom. The minimum Gasteiger partial charge on any atom is -0.497 e. The minimum atomic E-state index is -0.451. The summed E-state index contributed by atoms with van der Waals surface area (Å²) in [6.07, 6.45) is 4.08. The highest BCUT2D eigenvalue weighted by Gasteiger charge is 2.22. The van der Waals surface area contributed by atoms with Crippen molar-refractivity contribution in [2.75, 3.05) is 19.0 Å². The maximum Gasteiger partial charge on any atom is 0.341 e. The zero-order valence-corrected chi connectivity index (χ0v) is 18.6. The van der Waals surface area contributed by atoms with Gasteiger partial charge in [-0.1, -0.05) is 43.3 Å². The molecule has 0 aliphatic carbocycles. The molecule has 1 heterocycles. The molecule has 0 spiro atoms. The van der Waals surface area contributed by atoms with E-state index in [1.54, 1.807) is 20.1 Å². The van der Waals surface area contributed by atoms with Crippen molar-refractivity contribution < 1.29 is 19.1 Å². The summed E-state index contributed by atoms with van der Waals surface area (Å²) in [5.41, 5.74) is 4.12. The maximum absolute atomic E-state index is 12.7. The molecule has 0 radical (unpaired) electrons. The van der Waals surface area contributed by atoms with E-state index in [2.05, 4.69) is 12.2 Å². The molecule has 1 amide bonds. The molecular weight excluding hydrogens is 410 g/mol. The Bertz CT molecular complexity index is 1070. The Kier molecular flexibility index (Phi) is 7.62. The van der Waals surface area contributed by atoms with E-state index < -0.39 is 5.97 Å². The van der Waals surface area contributed by atoms with Crippen LogP contribution in [0.25, 0.3) is 17.2 Å². The van der Waals surface area contributed by atoms with Crippen LogP contribution in [0.5, 0.6) is 5.75 Å². The fraction of sp³-hybridized carbons (Fsp3) is 0.200. The van der Waals surface area contributed by atoms with Crippen LogP contribution in [0.15, 0.2) is 60.0 Å². The molecule has 0 atom stereocenters. The average Bonchev–Trinajstić information content (AvgIpc) is 3.21. The number of esters is 1. The van der Waals surface area contributed by atoms with Crippen molar-refractivity contribution in [3.63, 3.8) is 0 Å². The number of carbonyl (C=O) groups is 2. The van der Waals surface area contributed by atoms with Crippen LogP contribution in [0.1, 0.15) is 35.3 Å². The Morgan fingerprint density at radius 1 is 1.03 bits per heavy atom. The van der Waals surface area contributed by atoms with Gasteiger partial charge < -0.3 is 14.8 Å². The van der Waals surface area contributed by atoms with Crippen LogP contribution in [0.2, 0.25) is 0 Å². The number of carbonyl (C=O) groups excluding carboxylic acids is 2. The first-order valence-corrected chi connectivity index (χ1v) is 10.9. The fourth-order valence-electron chi connectivity index (χ4n) is 3.03. The summed E-state index contributed by atoms with van der Waals surface area (Å²) in [5.74, 6) is -0.0254. The number of anilines is 1. The lowest BCUT2D eigenvalue weighted by Gasteiger charge is -2.08. The average molecular weight is 436 g/mol. The largest absolute Gasteiger partial charge is 0.497 e. The number of amides is 1. The summed E-state index contributed by atoms with van der Waals surface area (Å²) in [6, 6.07) is 15.4. The number of rotatable bonds is 8. The van der Waals surface area contributed by atoms with Gasteiger partial charge in [-0.25, -0.2) is 4.79 Å². The molecule has 1 aromatic heterocycles. The molecule has 31 heavy (non-hydrogen) atoms. The van der Waals surface area contributed by atoms with Crippen molar-refractivity contribution in [1.29, 1.82) is 0 Å². The second kappa shape index (κ2) is 10.6. The summed E-state index contributed by atoms with van der Waals surface area (Å²) in [6.45, 7) is 4.11. The number of benzene rings is 2. The number of ether oxygens (including phenoxy) is 2. The van der Waals surface area contributed by atoms with Crippen molar-refractivity contribution >= 4 is 34.3 Å². The molecule has 160 valence electrons. The standard InChI is InChI=1S/C25H25NO4S/c1-4-17-6-11-19(12-7-17)21-16-31-24(23(21)25(28)30-5-2)26-22(27)15-10-18-8-13-20(29-3)14-9-18/h6-16H,4-5H2,1-3H3,(H,26,27). The van der Waals surface area contributed by atoms with Gasteiger partial charge in [0.05, 0.1) is 13.7 Å². The van der Waals surface area contributed by atoms with Gasteiger partial charge in [-0.3, -0.25) is 4.79 Å². The summed E-state index contributed by atoms with van der Waals surface area (Å²) < 4.78 is 10.4. The molecule has 0 fully saturated rings. The molecule has 1 N–H and O–H groups in total. The predicted molar refractivity (Wildman–Crippen MR) is 126 cm³/mol. The van der Waals surface area contributed by atoms with Gasteiger partial charge in [-0.2, -0.15) is 0 Å². The van der Waals surface area contributed by atoms with Gasteiger partial charge in [0.2, 0.25) is 5.91 Å². The van der Waals surface area contributed by atoms with E-state index >= 15 is 0 Å². The quantitative estimate of drug-likeness (QED) is 0.358. The first kappa shape index (κ1) is 22.3. The van der Waals surface area contributed by atoms with E-state index in [9.17, 15) is 9.59 Å². The molecule has 0 saturated heterocycles. The number of hydrogen-bond donors (Lipinski definition) is 1. The van der Waals surface area contributed by atoms with Gasteiger partial charge in [-0.05, 0) is 48.2 Å². The highest BCUT2D eigenvalue weighted by molar-refractivity contribution is 7.15. The Morgan fingerprint density at radius 3 is 2.35 bits per heavy atom. The topological polar surface area (TPSA) is 64.6 Å². The monoisotopic (exact) mass is 435 g/mol. The summed E-state index contributed by atoms with van der Waals surface area (Å²) in [5, 5.41) is 5.16. The van der Waals surface area contributed by atoms with Gasteiger partial charge in [0.25, 0.3) is 0 Å². The lowest BCUT2D eigenvalue weighted by molar-refractivity contribution is -0.111. The number of methoxy groups -OCH3 is 1. The lowest BCUT2D eigenvalue weighted by Crippen LogP contribution is -2.12. The molecule has 2 aromatic carbocycles. The summed E-state index contributed by atoms with van der Waals surface area (Å²) >= 11 is 1.31. The van der Waals surface area contributed by atoms with Crippen LogP contribution in [-0.2, 0) is 16.0 Å². The molecule has 0 aliphatic rings. The van der Waals surface area contributed by atoms with Gasteiger partial charge in [0.1, 0.15) is 16.3 Å². The number of hydrogen-bond acceptors (Lipinski definition) is 5. The van der Waals surface area contributed by atoms with Crippen LogP contribution < -0.4 is 10.1 Å². The minimum absolute atomic E-state index is 0.258. The fourth-order valence-corrected chi connectivity index (χ4v) is 3.99. The Hall–Kier alpha value is -3.38. The van der Waals surface area contributed by atoms with Crippen LogP contribution in [-0.4, -0.2) is 25.6 Å². The van der Waals surface area contributed by atoms with Crippen molar-refractivity contribution in [3.8, 4) is 16.9 Å². The van der Waals surface area contributed by atoms with E-state index in [4.69, 9.17) is 9.47 Å². The first-order valence-electron chi connectivity index (χ1n) is 10.1. The molecule has 0 aliphatic heterocycles. The normalized spacial score (nSPS) is 10.8. The Labute approximate surface area is 186 Å². The van der Waals surface area contributed by atoms with Crippen molar-refractivity contribution in [2.24, 2.45) is 0 Å². The number of nitrogens with one attached hydrogen (secondary N) is 1. The predicted octanol–water partition coefficient (Wildman–Crippen LogP) is 5.81. The lowest BCUT2D eigenvalue weighted by atomic mass is 10.0. The third-order valence-electron chi connectivity index (χ3n) is 4.72. The van der Waals surface area contributed by atoms with Crippen LogP contribution in [0, 0.1) is 0 Å². The molecule has 0 bridgehead atoms. The molecule has 0 saturated carbocycles. The van der Waals surface area contributed by atoms with Crippen molar-refractivity contribution in [1.82, 2.24) is 0 Å².